The van der Waals surface area contributed by atoms with Gasteiger partial charge in [0.05, 0.1) is 5.56 Å². The van der Waals surface area contributed by atoms with Crippen molar-refractivity contribution in [1.29, 1.82) is 0 Å². The van der Waals surface area contributed by atoms with Crippen molar-refractivity contribution in [1.82, 2.24) is 5.32 Å². The molecule has 0 radical (unpaired) electrons. The third-order valence-corrected chi connectivity index (χ3v) is 2.42. The van der Waals surface area contributed by atoms with E-state index in [-0.39, 0.29) is 18.7 Å². The molecule has 0 saturated heterocycles. The Balaban J connectivity index is 1.89. The van der Waals surface area contributed by atoms with E-state index in [1.54, 1.807) is 13.0 Å². The zero-order chi connectivity index (χ0) is 11.1. The molecule has 1 amide bonds. The molecule has 0 unspecified atom stereocenters. The molecule has 0 bridgehead atoms. The number of halogens is 2. The Bertz CT molecular complexity index is 379. The van der Waals surface area contributed by atoms with Gasteiger partial charge in [0.1, 0.15) is 12.0 Å². The third kappa shape index (κ3) is 2.16. The van der Waals surface area contributed by atoms with Gasteiger partial charge in [0.15, 0.2) is 0 Å². The highest BCUT2D eigenvalue weighted by Gasteiger charge is 2.45. The van der Waals surface area contributed by atoms with Gasteiger partial charge in [-0.15, -0.1) is 0 Å². The van der Waals surface area contributed by atoms with Crippen LogP contribution in [0.2, 0.25) is 0 Å². The van der Waals surface area contributed by atoms with Gasteiger partial charge in [0.2, 0.25) is 0 Å². The maximum absolute atomic E-state index is 12.5. The lowest BCUT2D eigenvalue weighted by Gasteiger charge is -2.35. The molecule has 5 heteroatoms. The van der Waals surface area contributed by atoms with E-state index in [0.29, 0.717) is 11.3 Å². The first kappa shape index (κ1) is 10.1. The fraction of sp³-hybridized carbons (Fsp3) is 0.500. The highest BCUT2D eigenvalue weighted by atomic mass is 19.3. The first-order valence-corrected chi connectivity index (χ1v) is 4.70. The summed E-state index contributed by atoms with van der Waals surface area (Å²) >= 11 is 0. The normalized spacial score (nSPS) is 19.7. The molecule has 1 aliphatic rings. The number of furan rings is 1. The highest BCUT2D eigenvalue weighted by molar-refractivity contribution is 5.94. The van der Waals surface area contributed by atoms with Gasteiger partial charge >= 0.3 is 0 Å². The van der Waals surface area contributed by atoms with Crippen molar-refractivity contribution in [2.75, 3.05) is 0 Å². The van der Waals surface area contributed by atoms with E-state index in [4.69, 9.17) is 4.42 Å². The van der Waals surface area contributed by atoms with Crippen molar-refractivity contribution in [3.63, 3.8) is 0 Å². The van der Waals surface area contributed by atoms with Crippen LogP contribution in [0.25, 0.3) is 0 Å². The number of amides is 1. The Morgan fingerprint density at radius 1 is 1.60 bits per heavy atom. The molecule has 1 saturated carbocycles. The zero-order valence-corrected chi connectivity index (χ0v) is 8.22. The van der Waals surface area contributed by atoms with Crippen LogP contribution in [0.3, 0.4) is 0 Å². The molecule has 82 valence electrons. The number of carbonyl (C=O) groups is 1. The first-order chi connectivity index (χ1) is 6.96. The second-order valence-corrected chi connectivity index (χ2v) is 3.88. The van der Waals surface area contributed by atoms with Crippen LogP contribution in [-0.2, 0) is 0 Å². The summed E-state index contributed by atoms with van der Waals surface area (Å²) in [5.41, 5.74) is 0.378. The molecule has 0 spiro atoms. The lowest BCUT2D eigenvalue weighted by molar-refractivity contribution is -0.0901. The van der Waals surface area contributed by atoms with E-state index in [1.807, 2.05) is 0 Å². The number of hydrogen-bond donors (Lipinski definition) is 1. The Labute approximate surface area is 85.5 Å². The molecule has 3 nitrogen and oxygen atoms in total. The average molecular weight is 215 g/mol. The van der Waals surface area contributed by atoms with Crippen molar-refractivity contribution in [2.45, 2.75) is 31.7 Å². The number of alkyl halides is 2. The summed E-state index contributed by atoms with van der Waals surface area (Å²) in [6.07, 6.45) is 0.784. The van der Waals surface area contributed by atoms with Gasteiger partial charge < -0.3 is 9.73 Å². The Hall–Kier alpha value is -1.39. The average Bonchev–Trinajstić information content (AvgIpc) is 2.48. The van der Waals surface area contributed by atoms with E-state index < -0.39 is 12.0 Å². The van der Waals surface area contributed by atoms with Crippen LogP contribution < -0.4 is 5.32 Å². The number of carbonyl (C=O) groups excluding carboxylic acids is 1. The second kappa shape index (κ2) is 3.32. The molecular weight excluding hydrogens is 204 g/mol. The minimum atomic E-state index is -2.61. The van der Waals surface area contributed by atoms with Crippen LogP contribution in [0.5, 0.6) is 0 Å². The number of nitrogens with one attached hydrogen (secondary N) is 1. The maximum Gasteiger partial charge on any atom is 0.254 e. The zero-order valence-electron chi connectivity index (χ0n) is 8.22. The van der Waals surface area contributed by atoms with Gasteiger partial charge in [-0.25, -0.2) is 8.78 Å². The van der Waals surface area contributed by atoms with Crippen LogP contribution >= 0.6 is 0 Å². The van der Waals surface area contributed by atoms with E-state index in [1.165, 1.54) is 6.26 Å². The smallest absolute Gasteiger partial charge is 0.254 e. The van der Waals surface area contributed by atoms with Gasteiger partial charge in [-0.2, -0.15) is 0 Å². The van der Waals surface area contributed by atoms with Crippen LogP contribution in [0.15, 0.2) is 16.7 Å². The Morgan fingerprint density at radius 3 is 2.73 bits per heavy atom. The van der Waals surface area contributed by atoms with Gasteiger partial charge in [0.25, 0.3) is 11.8 Å². The SMILES string of the molecule is Cc1cc(C(=O)NC2CC(F)(F)C2)co1. The molecule has 1 aromatic heterocycles. The van der Waals surface area contributed by atoms with Crippen LogP contribution in [0.4, 0.5) is 8.78 Å². The molecule has 0 atom stereocenters. The highest BCUT2D eigenvalue weighted by Crippen LogP contribution is 2.37. The molecule has 1 fully saturated rings. The third-order valence-electron chi connectivity index (χ3n) is 2.42. The second-order valence-electron chi connectivity index (χ2n) is 3.88. The summed E-state index contributed by atoms with van der Waals surface area (Å²) in [6, 6.07) is 1.16. The monoisotopic (exact) mass is 215 g/mol. The minimum absolute atomic E-state index is 0.268. The fourth-order valence-corrected chi connectivity index (χ4v) is 1.59. The van der Waals surface area contributed by atoms with E-state index >= 15 is 0 Å². The van der Waals surface area contributed by atoms with Gasteiger partial charge in [0, 0.05) is 18.9 Å². The molecule has 1 aromatic rings. The molecule has 2 rings (SSSR count). The number of aryl methyl sites for hydroxylation is 1. The lowest BCUT2D eigenvalue weighted by atomic mass is 9.88. The van der Waals surface area contributed by atoms with Gasteiger partial charge in [-0.1, -0.05) is 0 Å². The van der Waals surface area contributed by atoms with Gasteiger partial charge in [-0.3, -0.25) is 4.79 Å². The quantitative estimate of drug-likeness (QED) is 0.821. The summed E-state index contributed by atoms with van der Waals surface area (Å²) in [7, 11) is 0. The minimum Gasteiger partial charge on any atom is -0.469 e. The first-order valence-electron chi connectivity index (χ1n) is 4.70. The molecule has 1 heterocycles. The predicted octanol–water partition coefficient (Wildman–Crippen LogP) is 2.12. The summed E-state index contributed by atoms with van der Waals surface area (Å²) in [6.45, 7) is 1.72. The molecule has 1 aliphatic carbocycles. The predicted molar refractivity (Wildman–Crippen MR) is 48.9 cm³/mol. The Morgan fingerprint density at radius 2 is 2.27 bits per heavy atom. The molecule has 15 heavy (non-hydrogen) atoms. The van der Waals surface area contributed by atoms with Crippen molar-refractivity contribution < 1.29 is 18.0 Å². The maximum atomic E-state index is 12.5. The van der Waals surface area contributed by atoms with Crippen molar-refractivity contribution >= 4 is 5.91 Å². The molecular formula is C10H11F2NO2. The summed E-state index contributed by atoms with van der Waals surface area (Å²) in [5.74, 6) is -2.34. The number of rotatable bonds is 2. The molecule has 0 aromatic carbocycles. The number of hydrogen-bond acceptors (Lipinski definition) is 2. The van der Waals surface area contributed by atoms with E-state index in [0.717, 1.165) is 0 Å². The largest absolute Gasteiger partial charge is 0.469 e. The van der Waals surface area contributed by atoms with Crippen molar-refractivity contribution in [3.05, 3.63) is 23.7 Å². The molecule has 0 aliphatic heterocycles. The van der Waals surface area contributed by atoms with Crippen LogP contribution in [0, 0.1) is 6.92 Å². The molecule has 1 N–H and O–H groups in total. The van der Waals surface area contributed by atoms with Crippen molar-refractivity contribution in [3.8, 4) is 0 Å². The van der Waals surface area contributed by atoms with Crippen LogP contribution in [0.1, 0.15) is 29.0 Å². The van der Waals surface area contributed by atoms with E-state index in [9.17, 15) is 13.6 Å². The Kier molecular flexibility index (Phi) is 2.25. The summed E-state index contributed by atoms with van der Waals surface area (Å²) in [4.78, 5) is 11.5. The summed E-state index contributed by atoms with van der Waals surface area (Å²) in [5, 5.41) is 2.52. The fourth-order valence-electron chi connectivity index (χ4n) is 1.59. The van der Waals surface area contributed by atoms with Crippen LogP contribution in [-0.4, -0.2) is 17.9 Å². The van der Waals surface area contributed by atoms with Crippen molar-refractivity contribution in [2.24, 2.45) is 0 Å². The van der Waals surface area contributed by atoms with E-state index in [2.05, 4.69) is 5.32 Å². The standard InChI is InChI=1S/C10H11F2NO2/c1-6-2-7(5-15-6)9(14)13-8-3-10(11,12)4-8/h2,5,8H,3-4H2,1H3,(H,13,14). The van der Waals surface area contributed by atoms with Gasteiger partial charge in [-0.05, 0) is 13.0 Å². The lowest BCUT2D eigenvalue weighted by Crippen LogP contribution is -2.50. The topological polar surface area (TPSA) is 42.2 Å². The summed E-state index contributed by atoms with van der Waals surface area (Å²) < 4.78 is 29.9.